The van der Waals surface area contributed by atoms with Crippen molar-refractivity contribution in [1.29, 1.82) is 0 Å². The van der Waals surface area contributed by atoms with E-state index < -0.39 is 22.8 Å². The lowest BCUT2D eigenvalue weighted by Gasteiger charge is -2.41. The van der Waals surface area contributed by atoms with E-state index in [1.807, 2.05) is 39.0 Å². The van der Waals surface area contributed by atoms with Crippen LogP contribution in [0.25, 0.3) is 5.57 Å². The van der Waals surface area contributed by atoms with Crippen molar-refractivity contribution >= 4 is 11.4 Å². The number of ketones is 1. The molecule has 2 atom stereocenters. The molecule has 3 rings (SSSR count). The largest absolute Gasteiger partial charge is 0.454 e. The van der Waals surface area contributed by atoms with Crippen LogP contribution in [-0.2, 0) is 4.79 Å². The Morgan fingerprint density at radius 2 is 1.74 bits per heavy atom. The molecule has 0 radical (unpaired) electrons. The lowest BCUT2D eigenvalue weighted by Crippen LogP contribution is -2.39. The van der Waals surface area contributed by atoms with Gasteiger partial charge in [-0.05, 0) is 23.0 Å². The van der Waals surface area contributed by atoms with Gasteiger partial charge in [-0.2, -0.15) is 13.2 Å². The molecule has 0 aliphatic heterocycles. The van der Waals surface area contributed by atoms with Crippen molar-refractivity contribution < 1.29 is 18.0 Å². The number of hydrogen-bond donors (Lipinski definition) is 0. The number of allylic oxidation sites excluding steroid dienone is 4. The van der Waals surface area contributed by atoms with E-state index in [9.17, 15) is 18.0 Å². The van der Waals surface area contributed by atoms with Gasteiger partial charge in [0.2, 0.25) is 0 Å². The summed E-state index contributed by atoms with van der Waals surface area (Å²) < 4.78 is 39.8. The van der Waals surface area contributed by atoms with Gasteiger partial charge in [-0.15, -0.1) is 0 Å². The summed E-state index contributed by atoms with van der Waals surface area (Å²) in [5, 5.41) is 0. The second-order valence-electron chi connectivity index (χ2n) is 7.37. The third kappa shape index (κ3) is 2.27. The van der Waals surface area contributed by atoms with E-state index in [0.717, 1.165) is 0 Å². The number of alkyl halides is 3. The van der Waals surface area contributed by atoms with Crippen LogP contribution in [0, 0.1) is 16.7 Å². The summed E-state index contributed by atoms with van der Waals surface area (Å²) in [6.45, 7) is 5.70. The van der Waals surface area contributed by atoms with Crippen LogP contribution in [-0.4, -0.2) is 12.0 Å². The van der Waals surface area contributed by atoms with Crippen LogP contribution < -0.4 is 0 Å². The molecule has 0 saturated heterocycles. The van der Waals surface area contributed by atoms with E-state index in [-0.39, 0.29) is 11.5 Å². The molecule has 2 unspecified atom stereocenters. The second-order valence-corrected chi connectivity index (χ2v) is 7.37. The van der Waals surface area contributed by atoms with Crippen LogP contribution in [0.3, 0.4) is 0 Å². The number of carbonyl (C=O) groups excluding carboxylic acids is 1. The maximum absolute atomic E-state index is 13.3. The zero-order valence-electron chi connectivity index (χ0n) is 13.4. The van der Waals surface area contributed by atoms with Gasteiger partial charge >= 0.3 is 6.18 Å². The molecule has 23 heavy (non-hydrogen) atoms. The van der Waals surface area contributed by atoms with Crippen molar-refractivity contribution in [2.24, 2.45) is 16.7 Å². The molecule has 0 heterocycles. The van der Waals surface area contributed by atoms with Crippen LogP contribution in [0.2, 0.25) is 0 Å². The second kappa shape index (κ2) is 4.83. The van der Waals surface area contributed by atoms with Gasteiger partial charge in [-0.3, -0.25) is 4.79 Å². The molecular weight excluding hydrogens is 301 g/mol. The van der Waals surface area contributed by atoms with Crippen molar-refractivity contribution in [3.8, 4) is 0 Å². The maximum atomic E-state index is 13.3. The minimum atomic E-state index is -4.86. The summed E-state index contributed by atoms with van der Waals surface area (Å²) >= 11 is 0. The molecule has 0 amide bonds. The van der Waals surface area contributed by atoms with Crippen LogP contribution in [0.1, 0.15) is 32.8 Å². The lowest BCUT2D eigenvalue weighted by atomic mass is 9.62. The van der Waals surface area contributed by atoms with Gasteiger partial charge < -0.3 is 0 Å². The molecule has 1 aromatic rings. The first kappa shape index (κ1) is 16.0. The number of Topliss-reactive ketones (excluding diaryl/α,β-unsaturated/α-hetero) is 1. The van der Waals surface area contributed by atoms with Gasteiger partial charge in [-0.25, -0.2) is 0 Å². The molecule has 1 aromatic carbocycles. The Morgan fingerprint density at radius 3 is 2.26 bits per heavy atom. The summed E-state index contributed by atoms with van der Waals surface area (Å²) in [5.74, 6) is -1.82. The van der Waals surface area contributed by atoms with Gasteiger partial charge in [0.15, 0.2) is 0 Å². The molecule has 0 aromatic heterocycles. The van der Waals surface area contributed by atoms with E-state index in [1.165, 1.54) is 0 Å². The first-order chi connectivity index (χ1) is 10.6. The number of hydrogen-bond acceptors (Lipinski definition) is 1. The molecule has 0 spiro atoms. The summed E-state index contributed by atoms with van der Waals surface area (Å²) in [4.78, 5) is 12.3. The van der Waals surface area contributed by atoms with E-state index in [1.54, 1.807) is 24.3 Å². The Hall–Kier alpha value is -1.84. The first-order valence-corrected chi connectivity index (χ1v) is 7.69. The van der Waals surface area contributed by atoms with E-state index in [4.69, 9.17) is 0 Å². The molecule has 0 fully saturated rings. The highest BCUT2D eigenvalue weighted by atomic mass is 19.4. The molecule has 122 valence electrons. The fourth-order valence-electron chi connectivity index (χ4n) is 3.95. The minimum Gasteiger partial charge on any atom is -0.284 e. The smallest absolute Gasteiger partial charge is 0.284 e. The third-order valence-electron chi connectivity index (χ3n) is 5.15. The van der Waals surface area contributed by atoms with Crippen molar-refractivity contribution in [3.63, 3.8) is 0 Å². The van der Waals surface area contributed by atoms with E-state index >= 15 is 0 Å². The third-order valence-corrected chi connectivity index (χ3v) is 5.15. The van der Waals surface area contributed by atoms with Crippen molar-refractivity contribution in [2.45, 2.75) is 33.4 Å². The number of halogens is 3. The van der Waals surface area contributed by atoms with Crippen LogP contribution >= 0.6 is 0 Å². The predicted octanol–water partition coefficient (Wildman–Crippen LogP) is 5.19. The first-order valence-electron chi connectivity index (χ1n) is 7.69. The number of carbonyl (C=O) groups is 1. The average Bonchev–Trinajstić information content (AvgIpc) is 3.03. The summed E-state index contributed by atoms with van der Waals surface area (Å²) in [7, 11) is 0. The minimum absolute atomic E-state index is 0.0591. The summed E-state index contributed by atoms with van der Waals surface area (Å²) in [5.41, 5.74) is -0.123. The normalized spacial score (nSPS) is 27.0. The Labute approximate surface area is 133 Å². The maximum Gasteiger partial charge on any atom is 0.454 e. The van der Waals surface area contributed by atoms with E-state index in [0.29, 0.717) is 17.6 Å². The highest BCUT2D eigenvalue weighted by Gasteiger charge is 2.59. The average molecular weight is 320 g/mol. The van der Waals surface area contributed by atoms with E-state index in [2.05, 4.69) is 0 Å². The van der Waals surface area contributed by atoms with Gasteiger partial charge in [0.05, 0.1) is 0 Å². The molecule has 0 N–H and O–H groups in total. The van der Waals surface area contributed by atoms with Crippen molar-refractivity contribution in [1.82, 2.24) is 0 Å². The SMILES string of the molecule is CC(C)(C)C12C=CC(C1)C(c1ccccc1)=C2C(=O)C(F)(F)F. The highest BCUT2D eigenvalue weighted by molar-refractivity contribution is 6.09. The fourth-order valence-corrected chi connectivity index (χ4v) is 3.95. The fraction of sp³-hybridized carbons (Fsp3) is 0.421. The quantitative estimate of drug-likeness (QED) is 0.685. The highest BCUT2D eigenvalue weighted by Crippen LogP contribution is 2.64. The molecular formula is C19H19F3O. The van der Waals surface area contributed by atoms with Crippen molar-refractivity contribution in [2.75, 3.05) is 0 Å². The van der Waals surface area contributed by atoms with Crippen LogP contribution in [0.15, 0.2) is 48.1 Å². The zero-order valence-corrected chi connectivity index (χ0v) is 13.4. The summed E-state index contributed by atoms with van der Waals surface area (Å²) in [6, 6.07) is 8.96. The predicted molar refractivity (Wildman–Crippen MR) is 83.6 cm³/mol. The molecule has 1 nitrogen and oxygen atoms in total. The Kier molecular flexibility index (Phi) is 3.36. The van der Waals surface area contributed by atoms with Gasteiger partial charge in [0.1, 0.15) is 0 Å². The van der Waals surface area contributed by atoms with Crippen molar-refractivity contribution in [3.05, 3.63) is 53.6 Å². The Bertz CT molecular complexity index is 704. The standard InChI is InChI=1S/C19H19F3O/c1-17(2,3)18-10-9-13(11-18)14(12-7-5-4-6-8-12)15(18)16(23)19(20,21)22/h4-10,13H,11H2,1-3H3. The molecule has 2 aliphatic rings. The molecule has 4 heteroatoms. The monoisotopic (exact) mass is 320 g/mol. The van der Waals surface area contributed by atoms with Gasteiger partial charge in [-0.1, -0.05) is 63.3 Å². The van der Waals surface area contributed by atoms with Crippen LogP contribution in [0.5, 0.6) is 0 Å². The van der Waals surface area contributed by atoms with Gasteiger partial charge in [0, 0.05) is 16.9 Å². The molecule has 2 bridgehead atoms. The number of rotatable bonds is 2. The van der Waals surface area contributed by atoms with Crippen LogP contribution in [0.4, 0.5) is 13.2 Å². The van der Waals surface area contributed by atoms with Gasteiger partial charge in [0.25, 0.3) is 5.78 Å². The zero-order chi connectivity index (χ0) is 17.0. The Morgan fingerprint density at radius 1 is 1.13 bits per heavy atom. The topological polar surface area (TPSA) is 17.1 Å². The Balaban J connectivity index is 2.27. The summed E-state index contributed by atoms with van der Waals surface area (Å²) in [6.07, 6.45) is -0.534. The number of benzene rings is 1. The lowest BCUT2D eigenvalue weighted by molar-refractivity contribution is -0.168. The number of fused-ring (bicyclic) bond motifs is 2. The molecule has 2 aliphatic carbocycles. The molecule has 0 saturated carbocycles.